The van der Waals surface area contributed by atoms with Gasteiger partial charge in [0.15, 0.2) is 0 Å². The lowest BCUT2D eigenvalue weighted by atomic mass is 10.1. The molecule has 1 N–H and O–H groups in total. The van der Waals surface area contributed by atoms with E-state index in [9.17, 15) is 19.5 Å². The molecule has 0 spiro atoms. The molecule has 0 aliphatic carbocycles. The molecule has 25 heavy (non-hydrogen) atoms. The van der Waals surface area contributed by atoms with Gasteiger partial charge in [0.1, 0.15) is 17.9 Å². The molecular formula is C17H17NO6S. The molecule has 3 rings (SSSR count). The summed E-state index contributed by atoms with van der Waals surface area (Å²) in [6.45, 7) is 2.54. The van der Waals surface area contributed by atoms with Crippen molar-refractivity contribution in [3.05, 3.63) is 39.7 Å². The Morgan fingerprint density at radius 3 is 2.92 bits per heavy atom. The van der Waals surface area contributed by atoms with Gasteiger partial charge in [-0.1, -0.05) is 11.8 Å². The van der Waals surface area contributed by atoms with Crippen LogP contribution in [0, 0.1) is 6.92 Å². The van der Waals surface area contributed by atoms with Gasteiger partial charge in [0.05, 0.1) is 6.42 Å². The maximum absolute atomic E-state index is 11.9. The smallest absolute Gasteiger partial charge is 0.336 e. The highest BCUT2D eigenvalue weighted by Crippen LogP contribution is 2.27. The third-order valence-electron chi connectivity index (χ3n) is 4.04. The fraction of sp³-hybridized carbons (Fsp3) is 0.353. The molecule has 0 atom stereocenters. The summed E-state index contributed by atoms with van der Waals surface area (Å²) in [5.41, 5.74) is 0.661. The first kappa shape index (κ1) is 17.3. The molecule has 132 valence electrons. The minimum absolute atomic E-state index is 0.0188. The molecule has 1 amide bonds. The maximum atomic E-state index is 11.9. The van der Waals surface area contributed by atoms with E-state index in [1.807, 2.05) is 0 Å². The zero-order chi connectivity index (χ0) is 18.0. The van der Waals surface area contributed by atoms with Crippen LogP contribution in [0.5, 0.6) is 5.75 Å². The van der Waals surface area contributed by atoms with E-state index in [2.05, 4.69) is 0 Å². The second kappa shape index (κ2) is 7.18. The molecule has 1 aromatic heterocycles. The monoisotopic (exact) mass is 363 g/mol. The van der Waals surface area contributed by atoms with Crippen LogP contribution >= 0.6 is 11.8 Å². The van der Waals surface area contributed by atoms with Gasteiger partial charge in [-0.25, -0.2) is 4.79 Å². The Bertz CT molecular complexity index is 891. The van der Waals surface area contributed by atoms with Crippen LogP contribution < -0.4 is 5.63 Å². The molecule has 1 aliphatic heterocycles. The van der Waals surface area contributed by atoms with Gasteiger partial charge in [-0.3, -0.25) is 9.59 Å². The number of rotatable bonds is 5. The lowest BCUT2D eigenvalue weighted by molar-refractivity contribution is -0.145. The minimum atomic E-state index is -0.577. The molecule has 0 radical (unpaired) electrons. The Hall–Kier alpha value is -2.48. The van der Waals surface area contributed by atoms with Crippen LogP contribution in [-0.4, -0.2) is 40.1 Å². The molecular weight excluding hydrogens is 346 g/mol. The third-order valence-corrected chi connectivity index (χ3v) is 4.93. The first-order valence-electron chi connectivity index (χ1n) is 7.78. The number of ether oxygens (including phenoxy) is 1. The molecule has 0 unspecified atom stereocenters. The van der Waals surface area contributed by atoms with Crippen LogP contribution in [0.4, 0.5) is 4.79 Å². The molecule has 0 saturated carbocycles. The third kappa shape index (κ3) is 3.79. The van der Waals surface area contributed by atoms with Gasteiger partial charge in [0.2, 0.25) is 0 Å². The normalized spacial score (nSPS) is 14.3. The van der Waals surface area contributed by atoms with Gasteiger partial charge in [-0.05, 0) is 19.1 Å². The Kier molecular flexibility index (Phi) is 4.98. The number of aromatic hydroxyl groups is 1. The average Bonchev–Trinajstić information content (AvgIpc) is 2.99. The van der Waals surface area contributed by atoms with Crippen molar-refractivity contribution < 1.29 is 23.8 Å². The molecule has 2 aromatic rings. The highest BCUT2D eigenvalue weighted by molar-refractivity contribution is 8.13. The highest BCUT2D eigenvalue weighted by atomic mass is 32.2. The van der Waals surface area contributed by atoms with E-state index < -0.39 is 11.6 Å². The lowest BCUT2D eigenvalue weighted by Crippen LogP contribution is -2.26. The fourth-order valence-corrected chi connectivity index (χ4v) is 3.47. The summed E-state index contributed by atoms with van der Waals surface area (Å²) in [5, 5.41) is 10.3. The number of esters is 1. The van der Waals surface area contributed by atoms with Crippen molar-refractivity contribution in [2.75, 3.05) is 18.8 Å². The van der Waals surface area contributed by atoms with E-state index in [4.69, 9.17) is 9.15 Å². The number of phenols is 1. The molecule has 0 bridgehead atoms. The Morgan fingerprint density at radius 1 is 1.40 bits per heavy atom. The van der Waals surface area contributed by atoms with Crippen molar-refractivity contribution in [3.8, 4) is 5.75 Å². The van der Waals surface area contributed by atoms with Crippen molar-refractivity contribution in [3.63, 3.8) is 0 Å². The van der Waals surface area contributed by atoms with Crippen molar-refractivity contribution in [2.24, 2.45) is 0 Å². The number of hydrogen-bond acceptors (Lipinski definition) is 7. The number of hydrogen-bond donors (Lipinski definition) is 1. The van der Waals surface area contributed by atoms with Crippen LogP contribution in [0.3, 0.4) is 0 Å². The van der Waals surface area contributed by atoms with Crippen LogP contribution in [0.25, 0.3) is 11.0 Å². The van der Waals surface area contributed by atoms with E-state index in [0.717, 1.165) is 5.75 Å². The number of fused-ring (bicyclic) bond motifs is 1. The quantitative estimate of drug-likeness (QED) is 0.643. The van der Waals surface area contributed by atoms with Gasteiger partial charge in [0.25, 0.3) is 5.24 Å². The summed E-state index contributed by atoms with van der Waals surface area (Å²) in [5.74, 6) is 0.325. The van der Waals surface area contributed by atoms with Gasteiger partial charge in [-0.15, -0.1) is 0 Å². The van der Waals surface area contributed by atoms with E-state index in [0.29, 0.717) is 29.6 Å². The minimum Gasteiger partial charge on any atom is -0.508 e. The lowest BCUT2D eigenvalue weighted by Gasteiger charge is -2.14. The van der Waals surface area contributed by atoms with Crippen molar-refractivity contribution in [2.45, 2.75) is 20.0 Å². The average molecular weight is 363 g/mol. The summed E-state index contributed by atoms with van der Waals surface area (Å²) < 4.78 is 10.4. The molecule has 7 nitrogen and oxygen atoms in total. The van der Waals surface area contributed by atoms with E-state index in [-0.39, 0.29) is 29.6 Å². The van der Waals surface area contributed by atoms with E-state index in [1.165, 1.54) is 23.9 Å². The molecule has 2 heterocycles. The summed E-state index contributed by atoms with van der Waals surface area (Å²) >= 11 is 1.24. The second-order valence-electron chi connectivity index (χ2n) is 5.69. The number of carbonyl (C=O) groups is 2. The highest BCUT2D eigenvalue weighted by Gasteiger charge is 2.21. The zero-order valence-corrected chi connectivity index (χ0v) is 14.4. The molecule has 8 heteroatoms. The number of thioether (sulfide) groups is 1. The standard InChI is InChI=1S/C17H17NO6S/c1-10-13(19)3-2-12-11(8-15(21)24-16(10)12)9-23-14(20)4-5-18-6-7-25-17(18)22/h2-3,8,19H,4-7,9H2,1H3. The van der Waals surface area contributed by atoms with Gasteiger partial charge >= 0.3 is 11.6 Å². The van der Waals surface area contributed by atoms with Crippen LogP contribution in [-0.2, 0) is 16.1 Å². The first-order valence-corrected chi connectivity index (χ1v) is 8.77. The Labute approximate surface area is 147 Å². The SMILES string of the molecule is Cc1c(O)ccc2c(COC(=O)CCN3CCSC3=O)cc(=O)oc12. The molecule has 1 saturated heterocycles. The van der Waals surface area contributed by atoms with Gasteiger partial charge in [-0.2, -0.15) is 0 Å². The summed E-state index contributed by atoms with van der Waals surface area (Å²) in [6, 6.07) is 4.39. The number of benzene rings is 1. The number of phenolic OH excluding ortho intramolecular Hbond substituents is 1. The molecule has 1 aromatic carbocycles. The predicted molar refractivity (Wildman–Crippen MR) is 92.7 cm³/mol. The number of aryl methyl sites for hydroxylation is 1. The molecule has 1 fully saturated rings. The zero-order valence-electron chi connectivity index (χ0n) is 13.6. The summed E-state index contributed by atoms with van der Waals surface area (Å²) in [4.78, 5) is 36.7. The fourth-order valence-electron chi connectivity index (χ4n) is 2.62. The largest absolute Gasteiger partial charge is 0.508 e. The van der Waals surface area contributed by atoms with Crippen LogP contribution in [0.15, 0.2) is 27.4 Å². The Balaban J connectivity index is 1.68. The van der Waals surface area contributed by atoms with Crippen LogP contribution in [0.1, 0.15) is 17.5 Å². The predicted octanol–water partition coefficient (Wildman–Crippen LogP) is 2.41. The van der Waals surface area contributed by atoms with Crippen LogP contribution in [0.2, 0.25) is 0 Å². The van der Waals surface area contributed by atoms with Crippen molar-refractivity contribution in [1.29, 1.82) is 0 Å². The Morgan fingerprint density at radius 2 is 2.20 bits per heavy atom. The number of amides is 1. The van der Waals surface area contributed by atoms with E-state index in [1.54, 1.807) is 17.9 Å². The molecule has 1 aliphatic rings. The number of nitrogens with zero attached hydrogens (tertiary/aromatic N) is 1. The summed E-state index contributed by atoms with van der Waals surface area (Å²) in [7, 11) is 0. The maximum Gasteiger partial charge on any atom is 0.336 e. The van der Waals surface area contributed by atoms with Crippen molar-refractivity contribution in [1.82, 2.24) is 4.90 Å². The topological polar surface area (TPSA) is 97.0 Å². The van der Waals surface area contributed by atoms with E-state index >= 15 is 0 Å². The summed E-state index contributed by atoms with van der Waals surface area (Å²) in [6.07, 6.45) is 0.103. The van der Waals surface area contributed by atoms with Gasteiger partial charge in [0, 0.05) is 41.4 Å². The second-order valence-corrected chi connectivity index (χ2v) is 6.74. The van der Waals surface area contributed by atoms with Gasteiger partial charge < -0.3 is 19.2 Å². The van der Waals surface area contributed by atoms with Crippen molar-refractivity contribution >= 4 is 33.9 Å². The number of carbonyl (C=O) groups excluding carboxylic acids is 2. The first-order chi connectivity index (χ1) is 12.0.